The molecule has 3 rings (SSSR count). The van der Waals surface area contributed by atoms with Crippen molar-refractivity contribution in [1.29, 1.82) is 0 Å². The molecule has 0 fully saturated rings. The van der Waals surface area contributed by atoms with E-state index in [0.29, 0.717) is 0 Å². The molecular formula is C30H41LiO2. The molecule has 0 bridgehead atoms. The summed E-state index contributed by atoms with van der Waals surface area (Å²) in [5, 5.41) is 2.52. The first-order valence-electron chi connectivity index (χ1n) is 11.6. The molecule has 0 spiro atoms. The number of hydrogen-bond acceptors (Lipinski definition) is 2. The van der Waals surface area contributed by atoms with Gasteiger partial charge in [-0.15, -0.1) is 28.5 Å². The standard InChI is InChI=1S/C30H41O2.Li/c1-18-13-19-15-24(30(8,9)10)27(32-12)25(21(19)14-18)20-16-22(28(2,3)4)26(31-11)23(17-20)29(5,6)7;/h13-17H,1-12H3;/q-1;+1. The Morgan fingerprint density at radius 1 is 0.636 bits per heavy atom. The van der Waals surface area contributed by atoms with Crippen LogP contribution in [0.3, 0.4) is 0 Å². The smallest absolute Gasteiger partial charge is 0.498 e. The van der Waals surface area contributed by atoms with Crippen LogP contribution in [0.25, 0.3) is 21.9 Å². The number of ether oxygens (including phenoxy) is 2. The quantitative estimate of drug-likeness (QED) is 0.398. The summed E-state index contributed by atoms with van der Waals surface area (Å²) in [6.45, 7) is 22.5. The Morgan fingerprint density at radius 3 is 1.45 bits per heavy atom. The third kappa shape index (κ3) is 5.18. The third-order valence-electron chi connectivity index (χ3n) is 6.32. The maximum Gasteiger partial charge on any atom is 1.00 e. The molecule has 0 amide bonds. The van der Waals surface area contributed by atoms with Gasteiger partial charge in [-0.2, -0.15) is 6.07 Å². The van der Waals surface area contributed by atoms with Crippen molar-refractivity contribution in [2.45, 2.75) is 85.5 Å². The summed E-state index contributed by atoms with van der Waals surface area (Å²) in [7, 11) is 3.59. The number of rotatable bonds is 3. The Morgan fingerprint density at radius 2 is 1.06 bits per heavy atom. The molecule has 0 unspecified atom stereocenters. The molecule has 0 heterocycles. The minimum atomic E-state index is -0.0583. The summed E-state index contributed by atoms with van der Waals surface area (Å²) in [4.78, 5) is 0. The predicted molar refractivity (Wildman–Crippen MR) is 139 cm³/mol. The minimum absolute atomic E-state index is 0. The van der Waals surface area contributed by atoms with Crippen molar-refractivity contribution in [2.24, 2.45) is 0 Å². The van der Waals surface area contributed by atoms with E-state index in [9.17, 15) is 0 Å². The van der Waals surface area contributed by atoms with Crippen LogP contribution in [-0.2, 0) is 16.2 Å². The normalized spacial score (nSPS) is 12.6. The van der Waals surface area contributed by atoms with Gasteiger partial charge >= 0.3 is 18.9 Å². The summed E-state index contributed by atoms with van der Waals surface area (Å²) >= 11 is 0. The Bertz CT molecular complexity index is 1110. The Hall–Kier alpha value is -1.75. The maximum atomic E-state index is 6.15. The van der Waals surface area contributed by atoms with Crippen LogP contribution in [0, 0.1) is 6.92 Å². The largest absolute Gasteiger partial charge is 1.00 e. The van der Waals surface area contributed by atoms with Gasteiger partial charge in [-0.1, -0.05) is 69.2 Å². The van der Waals surface area contributed by atoms with Gasteiger partial charge in [0.25, 0.3) is 0 Å². The van der Waals surface area contributed by atoms with E-state index in [4.69, 9.17) is 9.47 Å². The summed E-state index contributed by atoms with van der Waals surface area (Å²) in [6.07, 6.45) is 0. The Labute approximate surface area is 213 Å². The van der Waals surface area contributed by atoms with Crippen molar-refractivity contribution in [2.75, 3.05) is 14.2 Å². The molecule has 0 saturated carbocycles. The fourth-order valence-corrected chi connectivity index (χ4v) is 4.65. The molecule has 0 aliphatic rings. The van der Waals surface area contributed by atoms with Gasteiger partial charge in [0, 0.05) is 11.1 Å². The third-order valence-corrected chi connectivity index (χ3v) is 6.32. The summed E-state index contributed by atoms with van der Waals surface area (Å²) in [6, 6.07) is 11.5. The Balaban J connectivity index is 0.00000385. The molecule has 0 aliphatic carbocycles. The first kappa shape index (κ1) is 27.5. The summed E-state index contributed by atoms with van der Waals surface area (Å²) in [5.74, 6) is 1.97. The fourth-order valence-electron chi connectivity index (χ4n) is 4.65. The van der Waals surface area contributed by atoms with E-state index in [1.165, 1.54) is 44.2 Å². The van der Waals surface area contributed by atoms with E-state index in [-0.39, 0.29) is 35.1 Å². The van der Waals surface area contributed by atoms with Crippen LogP contribution in [0.15, 0.2) is 30.3 Å². The van der Waals surface area contributed by atoms with E-state index < -0.39 is 0 Å². The van der Waals surface area contributed by atoms with Crippen molar-refractivity contribution in [3.05, 3.63) is 52.6 Å². The van der Waals surface area contributed by atoms with Crippen molar-refractivity contribution in [3.8, 4) is 22.6 Å². The second kappa shape index (κ2) is 9.13. The molecule has 3 aromatic rings. The van der Waals surface area contributed by atoms with Gasteiger partial charge < -0.3 is 9.47 Å². The average Bonchev–Trinajstić information content (AvgIpc) is 3.03. The SMILES string of the molecule is COc1c(C(C)(C)C)cc(-c2c(OC)c(C(C)(C)C)cc3[cH-]c(C)cc23)cc1C(C)(C)C.[Li+]. The van der Waals surface area contributed by atoms with Crippen LogP contribution < -0.4 is 28.3 Å². The van der Waals surface area contributed by atoms with E-state index in [1.54, 1.807) is 14.2 Å². The summed E-state index contributed by atoms with van der Waals surface area (Å²) < 4.78 is 12.2. The number of methoxy groups -OCH3 is 2. The minimum Gasteiger partial charge on any atom is -0.498 e. The van der Waals surface area contributed by atoms with Crippen molar-refractivity contribution < 1.29 is 28.3 Å². The van der Waals surface area contributed by atoms with Gasteiger partial charge in [0.05, 0.1) is 14.2 Å². The molecule has 0 atom stereocenters. The van der Waals surface area contributed by atoms with Crippen LogP contribution in [0.4, 0.5) is 0 Å². The fraction of sp³-hybridized carbons (Fsp3) is 0.500. The van der Waals surface area contributed by atoms with Crippen LogP contribution in [0.2, 0.25) is 0 Å². The molecule has 0 aromatic heterocycles. The zero-order chi connectivity index (χ0) is 24.2. The molecule has 174 valence electrons. The van der Waals surface area contributed by atoms with Crippen LogP contribution >= 0.6 is 0 Å². The number of aryl methyl sites for hydroxylation is 1. The number of hydrogen-bond donors (Lipinski definition) is 0. The molecule has 3 aromatic carbocycles. The van der Waals surface area contributed by atoms with Crippen molar-refractivity contribution in [3.63, 3.8) is 0 Å². The molecular weight excluding hydrogens is 399 g/mol. The number of fused-ring (bicyclic) bond motifs is 1. The number of benzene rings is 2. The monoisotopic (exact) mass is 440 g/mol. The van der Waals surface area contributed by atoms with E-state index in [1.807, 2.05) is 0 Å². The van der Waals surface area contributed by atoms with Crippen LogP contribution in [0.5, 0.6) is 11.5 Å². The molecule has 33 heavy (non-hydrogen) atoms. The zero-order valence-corrected chi connectivity index (χ0v) is 23.2. The molecule has 3 heteroatoms. The van der Waals surface area contributed by atoms with Gasteiger partial charge in [-0.05, 0) is 45.1 Å². The van der Waals surface area contributed by atoms with Gasteiger partial charge in [0.1, 0.15) is 11.5 Å². The van der Waals surface area contributed by atoms with Gasteiger partial charge in [0.15, 0.2) is 0 Å². The van der Waals surface area contributed by atoms with E-state index in [2.05, 4.69) is 99.6 Å². The van der Waals surface area contributed by atoms with Gasteiger partial charge in [0.2, 0.25) is 0 Å². The second-order valence-electron chi connectivity index (χ2n) is 12.2. The van der Waals surface area contributed by atoms with Gasteiger partial charge in [-0.3, -0.25) is 0 Å². The van der Waals surface area contributed by atoms with Crippen molar-refractivity contribution in [1.82, 2.24) is 0 Å². The first-order chi connectivity index (χ1) is 14.6. The van der Waals surface area contributed by atoms with E-state index >= 15 is 0 Å². The second-order valence-corrected chi connectivity index (χ2v) is 12.2. The molecule has 0 aliphatic heterocycles. The molecule has 2 nitrogen and oxygen atoms in total. The first-order valence-corrected chi connectivity index (χ1v) is 11.6. The molecule has 0 N–H and O–H groups in total. The average molecular weight is 441 g/mol. The topological polar surface area (TPSA) is 18.5 Å². The molecule has 0 radical (unpaired) electrons. The Kier molecular flexibility index (Phi) is 7.60. The summed E-state index contributed by atoms with van der Waals surface area (Å²) in [5.41, 5.74) is 7.18. The van der Waals surface area contributed by atoms with E-state index in [0.717, 1.165) is 11.5 Å². The molecule has 0 saturated heterocycles. The van der Waals surface area contributed by atoms with Crippen LogP contribution in [-0.4, -0.2) is 14.2 Å². The zero-order valence-electron chi connectivity index (χ0n) is 23.2. The van der Waals surface area contributed by atoms with Gasteiger partial charge in [-0.25, -0.2) is 0 Å². The predicted octanol–water partition coefficient (Wildman–Crippen LogP) is 5.45. The van der Waals surface area contributed by atoms with Crippen LogP contribution in [0.1, 0.15) is 84.6 Å². The maximum absolute atomic E-state index is 6.15. The van der Waals surface area contributed by atoms with Crippen molar-refractivity contribution >= 4 is 10.8 Å².